The maximum atomic E-state index is 13.6. The minimum atomic E-state index is -1.13. The highest BCUT2D eigenvalue weighted by atomic mass is 32.1. The largest absolute Gasteiger partial charge is 0.494 e. The van der Waals surface area contributed by atoms with Crippen LogP contribution in [-0.4, -0.2) is 22.8 Å². The van der Waals surface area contributed by atoms with Crippen molar-refractivity contribution < 1.29 is 19.0 Å². The number of carboxylic acid groups (broad SMARTS) is 1. The molecule has 0 aliphatic heterocycles. The van der Waals surface area contributed by atoms with Crippen LogP contribution in [0.1, 0.15) is 0 Å². The van der Waals surface area contributed by atoms with Gasteiger partial charge in [0.15, 0.2) is 11.6 Å². The van der Waals surface area contributed by atoms with Gasteiger partial charge in [-0.2, -0.15) is 0 Å². The van der Waals surface area contributed by atoms with Gasteiger partial charge in [-0.25, -0.2) is 4.39 Å². The fourth-order valence-corrected chi connectivity index (χ4v) is 2.43. The van der Waals surface area contributed by atoms with Gasteiger partial charge in [-0.05, 0) is 18.2 Å². The number of carboxylic acids is 1. The van der Waals surface area contributed by atoms with Crippen molar-refractivity contribution in [2.24, 2.45) is 0 Å². The molecule has 0 unspecified atom stereocenters. The SMILES string of the molecule is COc1ccc(-c2csc(=O)n2CC(=O)O)cc1F. The highest BCUT2D eigenvalue weighted by molar-refractivity contribution is 7.07. The standard InChI is InChI=1S/C12H10FNO4S/c1-18-10-3-2-7(4-8(10)13)9-6-19-12(17)14(9)5-11(15)16/h2-4,6H,5H2,1H3,(H,15,16). The summed E-state index contributed by atoms with van der Waals surface area (Å²) in [5.74, 6) is -1.61. The number of hydrogen-bond acceptors (Lipinski definition) is 4. The van der Waals surface area contributed by atoms with Gasteiger partial charge < -0.3 is 9.84 Å². The highest BCUT2D eigenvalue weighted by Crippen LogP contribution is 2.25. The second-order valence-corrected chi connectivity index (χ2v) is 4.54. The molecule has 1 aromatic carbocycles. The fraction of sp³-hybridized carbons (Fsp3) is 0.167. The molecule has 0 aliphatic carbocycles. The number of ether oxygens (including phenoxy) is 1. The van der Waals surface area contributed by atoms with Gasteiger partial charge in [0.25, 0.3) is 0 Å². The van der Waals surface area contributed by atoms with E-state index in [1.54, 1.807) is 6.07 Å². The van der Waals surface area contributed by atoms with Crippen molar-refractivity contribution in [3.63, 3.8) is 0 Å². The molecular formula is C12H10FNO4S. The summed E-state index contributed by atoms with van der Waals surface area (Å²) in [6.45, 7) is -0.453. The third kappa shape index (κ3) is 2.65. The first-order valence-corrected chi connectivity index (χ1v) is 6.15. The van der Waals surface area contributed by atoms with Gasteiger partial charge in [0.2, 0.25) is 0 Å². The lowest BCUT2D eigenvalue weighted by atomic mass is 10.1. The van der Waals surface area contributed by atoms with Gasteiger partial charge in [-0.15, -0.1) is 0 Å². The first-order chi connectivity index (χ1) is 9.02. The van der Waals surface area contributed by atoms with Gasteiger partial charge in [0.1, 0.15) is 6.54 Å². The molecule has 7 heteroatoms. The normalized spacial score (nSPS) is 10.4. The van der Waals surface area contributed by atoms with Gasteiger partial charge in [0.05, 0.1) is 12.8 Å². The Kier molecular flexibility index (Phi) is 3.66. The molecule has 0 fully saturated rings. The molecule has 2 aromatic rings. The molecule has 0 aliphatic rings. The number of aliphatic carboxylic acids is 1. The van der Waals surface area contributed by atoms with Crippen molar-refractivity contribution in [1.29, 1.82) is 0 Å². The van der Waals surface area contributed by atoms with Crippen LogP contribution < -0.4 is 9.61 Å². The Bertz CT molecular complexity index is 677. The number of aromatic nitrogens is 1. The third-order valence-electron chi connectivity index (χ3n) is 2.52. The average Bonchev–Trinajstić information content (AvgIpc) is 2.70. The van der Waals surface area contributed by atoms with Crippen molar-refractivity contribution in [3.8, 4) is 17.0 Å². The predicted octanol–water partition coefficient (Wildman–Crippen LogP) is 1.81. The maximum absolute atomic E-state index is 13.6. The molecule has 0 saturated heterocycles. The first kappa shape index (κ1) is 13.3. The second-order valence-electron chi connectivity index (χ2n) is 3.72. The zero-order valence-electron chi connectivity index (χ0n) is 9.92. The fourth-order valence-electron chi connectivity index (χ4n) is 1.67. The summed E-state index contributed by atoms with van der Waals surface area (Å²) in [4.78, 5) is 21.9. The lowest BCUT2D eigenvalue weighted by Crippen LogP contribution is -2.19. The van der Waals surface area contributed by atoms with E-state index in [1.807, 2.05) is 0 Å². The van der Waals surface area contributed by atoms with E-state index in [1.165, 1.54) is 24.6 Å². The van der Waals surface area contributed by atoms with Crippen molar-refractivity contribution in [3.05, 3.63) is 39.1 Å². The topological polar surface area (TPSA) is 68.5 Å². The minimum Gasteiger partial charge on any atom is -0.494 e. The Labute approximate surface area is 111 Å². The number of rotatable bonds is 4. The van der Waals surface area contributed by atoms with Crippen molar-refractivity contribution in [1.82, 2.24) is 4.57 Å². The van der Waals surface area contributed by atoms with Crippen LogP contribution in [0.2, 0.25) is 0 Å². The van der Waals surface area contributed by atoms with E-state index in [4.69, 9.17) is 9.84 Å². The number of benzene rings is 1. The number of carbonyl (C=O) groups is 1. The Morgan fingerprint density at radius 2 is 2.26 bits per heavy atom. The van der Waals surface area contributed by atoms with E-state index >= 15 is 0 Å². The summed E-state index contributed by atoms with van der Waals surface area (Å²) in [5.41, 5.74) is 0.803. The molecular weight excluding hydrogens is 273 g/mol. The molecule has 1 N–H and O–H groups in total. The smallest absolute Gasteiger partial charge is 0.323 e. The Morgan fingerprint density at radius 3 is 2.84 bits per heavy atom. The van der Waals surface area contributed by atoms with E-state index in [2.05, 4.69) is 0 Å². The Morgan fingerprint density at radius 1 is 1.53 bits per heavy atom. The molecule has 100 valence electrons. The first-order valence-electron chi connectivity index (χ1n) is 5.27. The quantitative estimate of drug-likeness (QED) is 0.929. The van der Waals surface area contributed by atoms with Crippen LogP contribution in [0.5, 0.6) is 5.75 Å². The van der Waals surface area contributed by atoms with Crippen LogP contribution in [0.3, 0.4) is 0 Å². The molecule has 0 amide bonds. The van der Waals surface area contributed by atoms with Crippen LogP contribution in [0.15, 0.2) is 28.4 Å². The molecule has 1 aromatic heterocycles. The molecule has 2 rings (SSSR count). The summed E-state index contributed by atoms with van der Waals surface area (Å²) in [7, 11) is 1.35. The van der Waals surface area contributed by atoms with Crippen molar-refractivity contribution >= 4 is 17.3 Å². The van der Waals surface area contributed by atoms with Crippen LogP contribution >= 0.6 is 11.3 Å². The van der Waals surface area contributed by atoms with Crippen molar-refractivity contribution in [2.75, 3.05) is 7.11 Å². The van der Waals surface area contributed by atoms with E-state index in [9.17, 15) is 14.0 Å². The monoisotopic (exact) mass is 283 g/mol. The minimum absolute atomic E-state index is 0.0890. The summed E-state index contributed by atoms with van der Waals surface area (Å²) in [6.07, 6.45) is 0. The number of nitrogens with zero attached hydrogens (tertiary/aromatic N) is 1. The molecule has 0 saturated carbocycles. The molecule has 0 spiro atoms. The van der Waals surface area contributed by atoms with Gasteiger partial charge in [-0.1, -0.05) is 11.3 Å². The van der Waals surface area contributed by atoms with E-state index < -0.39 is 23.2 Å². The lowest BCUT2D eigenvalue weighted by Gasteiger charge is -2.07. The van der Waals surface area contributed by atoms with Crippen LogP contribution in [0.25, 0.3) is 11.3 Å². The summed E-state index contributed by atoms with van der Waals surface area (Å²) < 4.78 is 19.5. The maximum Gasteiger partial charge on any atom is 0.323 e. The summed E-state index contributed by atoms with van der Waals surface area (Å²) in [5, 5.41) is 10.3. The van der Waals surface area contributed by atoms with Crippen LogP contribution in [0, 0.1) is 5.82 Å². The van der Waals surface area contributed by atoms with Gasteiger partial charge in [-0.3, -0.25) is 14.2 Å². The molecule has 0 bridgehead atoms. The molecule has 19 heavy (non-hydrogen) atoms. The second kappa shape index (κ2) is 5.23. The third-order valence-corrected chi connectivity index (χ3v) is 3.29. The van der Waals surface area contributed by atoms with Crippen LogP contribution in [0.4, 0.5) is 4.39 Å². The molecule has 0 atom stereocenters. The zero-order valence-corrected chi connectivity index (χ0v) is 10.7. The number of halogens is 1. The number of hydrogen-bond donors (Lipinski definition) is 1. The van der Waals surface area contributed by atoms with E-state index in [0.29, 0.717) is 11.3 Å². The van der Waals surface area contributed by atoms with Crippen molar-refractivity contribution in [2.45, 2.75) is 6.54 Å². The van der Waals surface area contributed by atoms with E-state index in [0.717, 1.165) is 15.9 Å². The number of thiazole rings is 1. The van der Waals surface area contributed by atoms with E-state index in [-0.39, 0.29) is 5.75 Å². The highest BCUT2D eigenvalue weighted by Gasteiger charge is 2.13. The molecule has 5 nitrogen and oxygen atoms in total. The number of methoxy groups -OCH3 is 1. The summed E-state index contributed by atoms with van der Waals surface area (Å²) >= 11 is 0.874. The van der Waals surface area contributed by atoms with Gasteiger partial charge in [0, 0.05) is 10.9 Å². The average molecular weight is 283 g/mol. The van der Waals surface area contributed by atoms with Gasteiger partial charge >= 0.3 is 10.8 Å². The zero-order chi connectivity index (χ0) is 14.0. The molecule has 0 radical (unpaired) electrons. The lowest BCUT2D eigenvalue weighted by molar-refractivity contribution is -0.137. The predicted molar refractivity (Wildman–Crippen MR) is 68.2 cm³/mol. The van der Waals surface area contributed by atoms with Crippen LogP contribution in [-0.2, 0) is 11.3 Å². The summed E-state index contributed by atoms with van der Waals surface area (Å²) in [6, 6.07) is 4.21. The Hall–Kier alpha value is -2.15. The Balaban J connectivity index is 2.50. The molecule has 1 heterocycles.